The number of pyridine rings is 1. The minimum atomic E-state index is -0.0561. The van der Waals surface area contributed by atoms with Gasteiger partial charge in [-0.3, -0.25) is 9.98 Å². The van der Waals surface area contributed by atoms with Gasteiger partial charge in [0.05, 0.1) is 11.2 Å². The molecule has 1 heterocycles. The molecule has 281 valence electrons. The first-order valence-electron chi connectivity index (χ1n) is 19.1. The molecule has 9 rings (SSSR count). The molecule has 0 saturated heterocycles. The molecule has 1 radical (unpaired) electrons. The number of para-hydroxylation sites is 2. The van der Waals surface area contributed by atoms with E-state index in [0.717, 1.165) is 44.9 Å². The molecule has 8 aromatic rings. The molecule has 1 aliphatic carbocycles. The van der Waals surface area contributed by atoms with Gasteiger partial charge in [0.1, 0.15) is 0 Å². The van der Waals surface area contributed by atoms with Gasteiger partial charge in [0.25, 0.3) is 0 Å². The molecular weight excluding hydrogens is 871 g/mol. The van der Waals surface area contributed by atoms with Gasteiger partial charge in [0.2, 0.25) is 0 Å². The summed E-state index contributed by atoms with van der Waals surface area (Å²) in [6.07, 6.45) is 1.99. The van der Waals surface area contributed by atoms with Gasteiger partial charge in [0.15, 0.2) is 0 Å². The van der Waals surface area contributed by atoms with E-state index in [1.807, 2.05) is 80.6 Å². The second-order valence-electron chi connectivity index (χ2n) is 14.7. The van der Waals surface area contributed by atoms with E-state index in [9.17, 15) is 0 Å². The average Bonchev–Trinajstić information content (AvgIpc) is 3.47. The van der Waals surface area contributed by atoms with E-state index in [2.05, 4.69) is 152 Å². The monoisotopic (exact) mass is 914 g/mol. The molecule has 0 N–H and O–H groups in total. The summed E-state index contributed by atoms with van der Waals surface area (Å²) in [5, 5.41) is 5.68. The minimum absolute atomic E-state index is 0. The summed E-state index contributed by atoms with van der Waals surface area (Å²) in [4.78, 5) is 9.68. The fourth-order valence-electron chi connectivity index (χ4n) is 7.60. The van der Waals surface area contributed by atoms with Crippen LogP contribution < -0.4 is 0 Å². The topological polar surface area (TPSA) is 39.4 Å². The molecule has 7 aromatic carbocycles. The van der Waals surface area contributed by atoms with E-state index < -0.39 is 0 Å². The van der Waals surface area contributed by atoms with Crippen molar-refractivity contribution < 1.29 is 20.1 Å². The maximum atomic E-state index is 5.16. The normalized spacial score (nSPS) is 12.8. The first-order chi connectivity index (χ1) is 27.3. The van der Waals surface area contributed by atoms with Gasteiger partial charge in [-0.2, -0.15) is 5.70 Å². The molecule has 0 amide bonds. The third-order valence-corrected chi connectivity index (χ3v) is 10.3. The number of rotatable bonds is 7. The zero-order valence-electron chi connectivity index (χ0n) is 32.6. The number of aliphatic imine (C=N–C) groups is 1. The Labute approximate surface area is 350 Å². The predicted molar refractivity (Wildman–Crippen MR) is 237 cm³/mol. The maximum Gasteiger partial charge on any atom is 0.0632 e. The van der Waals surface area contributed by atoms with Crippen LogP contribution in [0.3, 0.4) is 0 Å². The molecule has 0 atom stereocenters. The van der Waals surface area contributed by atoms with Gasteiger partial charge in [-0.25, -0.2) is 0 Å². The summed E-state index contributed by atoms with van der Waals surface area (Å²) in [6, 6.07) is 66.6. The van der Waals surface area contributed by atoms with Crippen molar-refractivity contribution >= 4 is 28.0 Å². The van der Waals surface area contributed by atoms with Crippen LogP contribution in [-0.4, -0.2) is 10.7 Å². The summed E-state index contributed by atoms with van der Waals surface area (Å²) < 4.78 is 0. The number of benzene rings is 7. The molecule has 3 nitrogen and oxygen atoms in total. The molecule has 0 saturated carbocycles. The summed E-state index contributed by atoms with van der Waals surface area (Å²) >= 11 is 0. The Morgan fingerprint density at radius 3 is 1.91 bits per heavy atom. The smallest absolute Gasteiger partial charge is 0.0632 e. The Bertz CT molecular complexity index is 2680. The van der Waals surface area contributed by atoms with Gasteiger partial charge in [-0.1, -0.05) is 184 Å². The van der Waals surface area contributed by atoms with E-state index in [0.29, 0.717) is 0 Å². The third-order valence-electron chi connectivity index (χ3n) is 10.3. The first kappa shape index (κ1) is 39.1. The van der Waals surface area contributed by atoms with Crippen molar-refractivity contribution in [2.45, 2.75) is 33.1 Å². The van der Waals surface area contributed by atoms with Gasteiger partial charge in [0, 0.05) is 31.2 Å². The number of nitrogens with zero attached hydrogens (tertiary/aromatic N) is 3. The number of fused-ring (bicyclic) bond motifs is 4. The molecule has 0 unspecified atom stereocenters. The summed E-state index contributed by atoms with van der Waals surface area (Å²) in [5.74, 6) is 0. The molecule has 57 heavy (non-hydrogen) atoms. The summed E-state index contributed by atoms with van der Waals surface area (Å²) in [6.45, 7) is 8.60. The van der Waals surface area contributed by atoms with Gasteiger partial charge < -0.3 is 5.32 Å². The first-order valence-corrected chi connectivity index (χ1v) is 19.1. The van der Waals surface area contributed by atoms with Crippen molar-refractivity contribution in [3.05, 3.63) is 216 Å². The molecule has 1 aliphatic rings. The van der Waals surface area contributed by atoms with Crippen molar-refractivity contribution in [2.24, 2.45) is 4.99 Å². The molecule has 0 fully saturated rings. The average molecular weight is 914 g/mol. The number of allylic oxidation sites excluding steroid dienone is 2. The van der Waals surface area contributed by atoms with Crippen molar-refractivity contribution in [2.75, 3.05) is 0 Å². The SMILES string of the molecule is CC(/C=C(/C)[N-]c1ccccc1)=Nc1ccccc1.CC1(C)c2ccccc2-c2c[c-]c(-c3cc(-c4ccccc4)c4cc(-c5ccccc5)ccc4n3)cc21.[Ir]. The van der Waals surface area contributed by atoms with Crippen LogP contribution in [0.2, 0.25) is 0 Å². The standard InChI is InChI=1S/C36H26N.C17H17N2.Ir/c1-36(2)32-16-10-9-15-28(32)29-19-17-27(22-33(29)36)35-23-30(25-13-7-4-8-14-25)31-21-26(18-20-34(31)37-35)24-11-5-3-6-12-24;1-14(18-16-9-5-3-6-10-16)13-15(2)19-17-11-7-4-8-12-17;/h3-16,18-23H,1-2H3;3-13H,1-2H3;/q2*-1;/b;14-13-,19-15?;. The summed E-state index contributed by atoms with van der Waals surface area (Å²) in [5.41, 5.74) is 16.8. The van der Waals surface area contributed by atoms with E-state index in [1.165, 1.54) is 44.5 Å². The minimum Gasteiger partial charge on any atom is -0.661 e. The van der Waals surface area contributed by atoms with Crippen LogP contribution in [0, 0.1) is 6.07 Å². The maximum absolute atomic E-state index is 5.16. The van der Waals surface area contributed by atoms with Crippen LogP contribution in [0.15, 0.2) is 199 Å². The fraction of sp³-hybridized carbons (Fsp3) is 0.0943. The molecular formula is C53H43IrN3-2. The Morgan fingerprint density at radius 2 is 1.21 bits per heavy atom. The van der Waals surface area contributed by atoms with E-state index in [1.54, 1.807) is 0 Å². The van der Waals surface area contributed by atoms with Crippen molar-refractivity contribution in [1.29, 1.82) is 0 Å². The molecule has 0 bridgehead atoms. The Kier molecular flexibility index (Phi) is 11.9. The van der Waals surface area contributed by atoms with Crippen LogP contribution in [-0.2, 0) is 25.5 Å². The van der Waals surface area contributed by atoms with E-state index >= 15 is 0 Å². The van der Waals surface area contributed by atoms with Crippen LogP contribution in [0.25, 0.3) is 60.9 Å². The Morgan fingerprint density at radius 1 is 0.596 bits per heavy atom. The van der Waals surface area contributed by atoms with E-state index in [4.69, 9.17) is 4.98 Å². The van der Waals surface area contributed by atoms with Crippen molar-refractivity contribution in [3.63, 3.8) is 0 Å². The second-order valence-corrected chi connectivity index (χ2v) is 14.7. The molecule has 1 aromatic heterocycles. The fourth-order valence-corrected chi connectivity index (χ4v) is 7.60. The van der Waals surface area contributed by atoms with Gasteiger partial charge in [-0.05, 0) is 70.1 Å². The zero-order chi connectivity index (χ0) is 38.5. The van der Waals surface area contributed by atoms with Gasteiger partial charge >= 0.3 is 0 Å². The molecule has 4 heteroatoms. The van der Waals surface area contributed by atoms with Crippen molar-refractivity contribution in [3.8, 4) is 44.6 Å². The number of hydrogen-bond acceptors (Lipinski definition) is 2. The van der Waals surface area contributed by atoms with E-state index in [-0.39, 0.29) is 25.5 Å². The second kappa shape index (κ2) is 17.3. The quantitative estimate of drug-likeness (QED) is 0.116. The Balaban J connectivity index is 0.000000211. The molecule has 0 spiro atoms. The Hall–Kier alpha value is -6.19. The van der Waals surface area contributed by atoms with Crippen LogP contribution in [0.5, 0.6) is 0 Å². The predicted octanol–water partition coefficient (Wildman–Crippen LogP) is 14.7. The van der Waals surface area contributed by atoms with Crippen LogP contribution in [0.4, 0.5) is 11.4 Å². The third kappa shape index (κ3) is 8.64. The summed E-state index contributed by atoms with van der Waals surface area (Å²) in [7, 11) is 0. The number of aromatic nitrogens is 1. The van der Waals surface area contributed by atoms with Gasteiger partial charge in [-0.15, -0.1) is 35.0 Å². The van der Waals surface area contributed by atoms with Crippen LogP contribution in [0.1, 0.15) is 38.8 Å². The van der Waals surface area contributed by atoms with Crippen molar-refractivity contribution in [1.82, 2.24) is 4.98 Å². The number of hydrogen-bond donors (Lipinski definition) is 0. The molecule has 0 aliphatic heterocycles. The van der Waals surface area contributed by atoms with Crippen LogP contribution >= 0.6 is 0 Å². The zero-order valence-corrected chi connectivity index (χ0v) is 35.0. The largest absolute Gasteiger partial charge is 0.661 e.